The van der Waals surface area contributed by atoms with E-state index in [1.165, 1.54) is 7.11 Å². The molecule has 0 fully saturated rings. The Bertz CT molecular complexity index is 1790. The van der Waals surface area contributed by atoms with Crippen molar-refractivity contribution in [1.29, 1.82) is 0 Å². The second-order valence-electron chi connectivity index (χ2n) is 11.5. The van der Waals surface area contributed by atoms with Gasteiger partial charge < -0.3 is 30.0 Å². The van der Waals surface area contributed by atoms with Gasteiger partial charge in [0, 0.05) is 36.3 Å². The van der Waals surface area contributed by atoms with Gasteiger partial charge >= 0.3 is 12.2 Å². The number of nitrogens with one attached hydrogen (secondary N) is 4. The van der Waals surface area contributed by atoms with Crippen LogP contribution in [0.25, 0.3) is 11.3 Å². The number of H-pyrrole nitrogens is 1. The third-order valence-corrected chi connectivity index (χ3v) is 8.37. The van der Waals surface area contributed by atoms with Crippen LogP contribution >= 0.6 is 0 Å². The molecule has 1 aromatic heterocycles. The Kier molecular flexibility index (Phi) is 9.46. The van der Waals surface area contributed by atoms with Gasteiger partial charge in [-0.05, 0) is 60.2 Å². The number of benzene rings is 3. The number of nitrogens with zero attached hydrogens (tertiary/aromatic N) is 2. The zero-order chi connectivity index (χ0) is 32.8. The lowest BCUT2D eigenvalue weighted by Gasteiger charge is -2.35. The molecule has 0 unspecified atom stereocenters. The highest BCUT2D eigenvalue weighted by Crippen LogP contribution is 2.35. The van der Waals surface area contributed by atoms with E-state index in [1.807, 2.05) is 53.4 Å². The highest BCUT2D eigenvalue weighted by molar-refractivity contribution is 5.98. The van der Waals surface area contributed by atoms with Crippen LogP contribution in [0.5, 0.6) is 0 Å². The fourth-order valence-electron chi connectivity index (χ4n) is 5.96. The van der Waals surface area contributed by atoms with Gasteiger partial charge in [0.25, 0.3) is 5.91 Å². The van der Waals surface area contributed by atoms with Crippen LogP contribution in [0.2, 0.25) is 0 Å². The minimum atomic E-state index is -0.615. The van der Waals surface area contributed by atoms with Gasteiger partial charge in [-0.1, -0.05) is 48.9 Å². The van der Waals surface area contributed by atoms with Crippen molar-refractivity contribution in [2.45, 2.75) is 51.3 Å². The number of aromatic nitrogens is 2. The molecule has 47 heavy (non-hydrogen) atoms. The van der Waals surface area contributed by atoms with Crippen molar-refractivity contribution in [2.75, 3.05) is 24.3 Å². The number of fused-ring (bicyclic) bond motifs is 5. The van der Waals surface area contributed by atoms with Crippen molar-refractivity contribution in [3.05, 3.63) is 101 Å². The van der Waals surface area contributed by atoms with E-state index < -0.39 is 12.2 Å². The van der Waals surface area contributed by atoms with Gasteiger partial charge in [-0.15, -0.1) is 0 Å². The summed E-state index contributed by atoms with van der Waals surface area (Å²) in [5, 5.41) is 8.37. The average Bonchev–Trinajstić information content (AvgIpc) is 3.57. The highest BCUT2D eigenvalue weighted by atomic mass is 16.5. The number of carbonyl (C=O) groups is 4. The molecule has 4 N–H and O–H groups in total. The van der Waals surface area contributed by atoms with Crippen molar-refractivity contribution in [3.8, 4) is 11.3 Å². The molecule has 0 saturated heterocycles. The number of rotatable bonds is 6. The summed E-state index contributed by atoms with van der Waals surface area (Å²) in [4.78, 5) is 60.7. The second-order valence-corrected chi connectivity index (χ2v) is 11.5. The molecule has 0 aliphatic carbocycles. The number of amides is 4. The molecule has 1 atom stereocenters. The Morgan fingerprint density at radius 3 is 2.62 bits per heavy atom. The number of ether oxygens (including phenoxy) is 2. The number of alkyl carbamates (subject to hydrolysis) is 1. The molecule has 6 rings (SSSR count). The van der Waals surface area contributed by atoms with Crippen molar-refractivity contribution in [1.82, 2.24) is 20.2 Å². The number of carbonyl (C=O) groups excluding carboxylic acids is 4. The van der Waals surface area contributed by atoms with Crippen LogP contribution in [0, 0.1) is 0 Å². The Labute approximate surface area is 271 Å². The monoisotopic (exact) mass is 636 g/mol. The molecular weight excluding hydrogens is 600 g/mol. The van der Waals surface area contributed by atoms with Gasteiger partial charge in [-0.25, -0.2) is 14.6 Å². The maximum Gasteiger partial charge on any atom is 0.411 e. The summed E-state index contributed by atoms with van der Waals surface area (Å²) < 4.78 is 10.0. The van der Waals surface area contributed by atoms with Crippen molar-refractivity contribution >= 4 is 35.4 Å². The summed E-state index contributed by atoms with van der Waals surface area (Å²) in [6.45, 7) is 0.975. The Balaban J connectivity index is 1.17. The van der Waals surface area contributed by atoms with Crippen LogP contribution in [0.1, 0.15) is 64.6 Å². The summed E-state index contributed by atoms with van der Waals surface area (Å²) >= 11 is 0. The molecule has 2 aliphatic heterocycles. The van der Waals surface area contributed by atoms with Gasteiger partial charge in [0.2, 0.25) is 5.91 Å². The zero-order valence-electron chi connectivity index (χ0n) is 26.0. The predicted molar refractivity (Wildman–Crippen MR) is 175 cm³/mol. The molecule has 12 nitrogen and oxygen atoms in total. The lowest BCUT2D eigenvalue weighted by atomic mass is 9.94. The summed E-state index contributed by atoms with van der Waals surface area (Å²) in [5.41, 5.74) is 5.71. The molecular formula is C35H36N6O6. The lowest BCUT2D eigenvalue weighted by molar-refractivity contribution is -0.116. The first-order valence-electron chi connectivity index (χ1n) is 15.6. The van der Waals surface area contributed by atoms with Crippen LogP contribution in [0.15, 0.2) is 72.9 Å². The van der Waals surface area contributed by atoms with E-state index in [0.717, 1.165) is 16.7 Å². The molecule has 0 radical (unpaired) electrons. The molecule has 0 spiro atoms. The SMILES string of the molecule is COC(=O)Nc1ccc2c(c1)NC(=O)CCCC[C@H](N1CCc3cc(CNC(=O)OCc4ccccc4)ccc3C1=O)c1ncc-2[nH]1. The molecule has 242 valence electrons. The molecule has 2 aliphatic rings. The number of aromatic amines is 1. The maximum atomic E-state index is 13.9. The van der Waals surface area contributed by atoms with E-state index in [4.69, 9.17) is 14.5 Å². The summed E-state index contributed by atoms with van der Waals surface area (Å²) in [7, 11) is 1.28. The van der Waals surface area contributed by atoms with Crippen molar-refractivity contribution in [2.24, 2.45) is 0 Å². The van der Waals surface area contributed by atoms with Gasteiger partial charge in [0.1, 0.15) is 12.4 Å². The number of methoxy groups -OCH3 is 1. The van der Waals surface area contributed by atoms with E-state index in [-0.39, 0.29) is 31.0 Å². The Morgan fingerprint density at radius 2 is 1.79 bits per heavy atom. The van der Waals surface area contributed by atoms with Crippen LogP contribution in [0.4, 0.5) is 21.0 Å². The number of hydrogen-bond donors (Lipinski definition) is 4. The number of imidazole rings is 1. The predicted octanol–water partition coefficient (Wildman–Crippen LogP) is 5.93. The van der Waals surface area contributed by atoms with Crippen molar-refractivity contribution < 1.29 is 28.7 Å². The van der Waals surface area contributed by atoms with Crippen LogP contribution in [0.3, 0.4) is 0 Å². The van der Waals surface area contributed by atoms with Gasteiger partial charge in [0.15, 0.2) is 0 Å². The van der Waals surface area contributed by atoms with E-state index in [2.05, 4.69) is 20.9 Å². The molecule has 4 aromatic rings. The molecule has 12 heteroatoms. The standard InChI is InChI=1S/C35H36N6O6/c1-46-35(45)38-25-12-14-27-28(18-25)39-31(42)10-6-5-9-30(32-36-20-29(27)40-32)41-16-15-24-17-23(11-13-26(24)33(41)43)19-37-34(44)47-21-22-7-3-2-4-8-22/h2-4,7-8,11-14,17-18,20,30H,5-6,9-10,15-16,19,21H2,1H3,(H,36,40)(H,37,44)(H,38,45)(H,39,42)/t30-/m0/s1. The number of anilines is 2. The largest absolute Gasteiger partial charge is 0.453 e. The van der Waals surface area contributed by atoms with Gasteiger partial charge in [-0.2, -0.15) is 0 Å². The van der Waals surface area contributed by atoms with Gasteiger partial charge in [-0.3, -0.25) is 14.9 Å². The first-order chi connectivity index (χ1) is 22.9. The topological polar surface area (TPSA) is 155 Å². The lowest BCUT2D eigenvalue weighted by Crippen LogP contribution is -2.41. The molecule has 2 bridgehead atoms. The second kappa shape index (κ2) is 14.2. The quantitative estimate of drug-likeness (QED) is 0.204. The van der Waals surface area contributed by atoms with E-state index in [0.29, 0.717) is 72.7 Å². The van der Waals surface area contributed by atoms with Crippen LogP contribution in [-0.2, 0) is 33.8 Å². The third kappa shape index (κ3) is 7.43. The van der Waals surface area contributed by atoms with E-state index in [9.17, 15) is 19.2 Å². The average molecular weight is 637 g/mol. The van der Waals surface area contributed by atoms with Gasteiger partial charge in [0.05, 0.1) is 30.7 Å². The Hall–Kier alpha value is -5.65. The molecule has 4 amide bonds. The minimum absolute atomic E-state index is 0.0836. The zero-order valence-corrected chi connectivity index (χ0v) is 26.0. The number of hydrogen-bond acceptors (Lipinski definition) is 7. The summed E-state index contributed by atoms with van der Waals surface area (Å²) in [6.07, 6.45) is 3.53. The minimum Gasteiger partial charge on any atom is -0.453 e. The first-order valence-corrected chi connectivity index (χ1v) is 15.6. The van der Waals surface area contributed by atoms with E-state index >= 15 is 0 Å². The smallest absolute Gasteiger partial charge is 0.411 e. The van der Waals surface area contributed by atoms with Crippen molar-refractivity contribution in [3.63, 3.8) is 0 Å². The Morgan fingerprint density at radius 1 is 0.957 bits per heavy atom. The third-order valence-electron chi connectivity index (χ3n) is 8.37. The fraction of sp³-hybridized carbons (Fsp3) is 0.286. The molecule has 3 aromatic carbocycles. The molecule has 3 heterocycles. The summed E-state index contributed by atoms with van der Waals surface area (Å²) in [5.74, 6) is 0.442. The summed E-state index contributed by atoms with van der Waals surface area (Å²) in [6, 6.07) is 20.0. The highest BCUT2D eigenvalue weighted by Gasteiger charge is 2.33. The fourth-order valence-corrected chi connectivity index (χ4v) is 5.96. The van der Waals surface area contributed by atoms with Crippen LogP contribution < -0.4 is 16.0 Å². The van der Waals surface area contributed by atoms with E-state index in [1.54, 1.807) is 24.4 Å². The normalized spacial score (nSPS) is 16.0. The first kappa shape index (κ1) is 31.3. The van der Waals surface area contributed by atoms with Crippen LogP contribution in [-0.4, -0.2) is 52.5 Å². The maximum absolute atomic E-state index is 13.9. The molecule has 0 saturated carbocycles.